The van der Waals surface area contributed by atoms with Gasteiger partial charge in [0.05, 0.1) is 5.75 Å². The maximum absolute atomic E-state index is 12.7. The van der Waals surface area contributed by atoms with E-state index >= 15 is 0 Å². The van der Waals surface area contributed by atoms with Crippen LogP contribution in [0.15, 0.2) is 29.2 Å². The Morgan fingerprint density at radius 2 is 1.94 bits per heavy atom. The number of carbonyl (C=O) groups excluding carboxylic acids is 1. The molecular formula is C24H31N5O4S. The SMILES string of the molecule is Cc1cnc(NC(=O)C2CC2)cc1-c1cc(N2CCN(S(=O)(=O)CC3CC3)C[C@@H]2C)[nH]c(=O)c1. The number of aromatic amines is 1. The van der Waals surface area contributed by atoms with Gasteiger partial charge in [0, 0.05) is 43.9 Å². The minimum absolute atomic E-state index is 0.0164. The van der Waals surface area contributed by atoms with Crippen LogP contribution in [0.2, 0.25) is 0 Å². The third-order valence-electron chi connectivity index (χ3n) is 6.88. The number of hydrogen-bond donors (Lipinski definition) is 2. The van der Waals surface area contributed by atoms with E-state index in [4.69, 9.17) is 0 Å². The second-order valence-electron chi connectivity index (χ2n) is 9.89. The van der Waals surface area contributed by atoms with Gasteiger partial charge >= 0.3 is 0 Å². The number of piperazine rings is 1. The van der Waals surface area contributed by atoms with Gasteiger partial charge < -0.3 is 15.2 Å². The predicted molar refractivity (Wildman–Crippen MR) is 131 cm³/mol. The summed E-state index contributed by atoms with van der Waals surface area (Å²) in [6, 6.07) is 5.18. The number of amides is 1. The van der Waals surface area contributed by atoms with E-state index in [1.54, 1.807) is 22.6 Å². The van der Waals surface area contributed by atoms with Crippen LogP contribution in [0.1, 0.15) is 38.2 Å². The fourth-order valence-electron chi connectivity index (χ4n) is 4.54. The molecule has 2 aromatic heterocycles. The fourth-order valence-corrected chi connectivity index (χ4v) is 6.48. The van der Waals surface area contributed by atoms with Crippen molar-refractivity contribution in [3.8, 4) is 11.1 Å². The van der Waals surface area contributed by atoms with Crippen LogP contribution >= 0.6 is 0 Å². The van der Waals surface area contributed by atoms with E-state index in [2.05, 4.69) is 20.2 Å². The molecule has 2 saturated carbocycles. The first-order valence-corrected chi connectivity index (χ1v) is 13.6. The van der Waals surface area contributed by atoms with Crippen molar-refractivity contribution < 1.29 is 13.2 Å². The summed E-state index contributed by atoms with van der Waals surface area (Å²) in [4.78, 5) is 34.0. The fraction of sp³-hybridized carbons (Fsp3) is 0.542. The Hall–Kier alpha value is -2.72. The molecule has 9 nitrogen and oxygen atoms in total. The van der Waals surface area contributed by atoms with Gasteiger partial charge in [0.15, 0.2) is 0 Å². The average molecular weight is 486 g/mol. The number of aromatic nitrogens is 2. The Balaban J connectivity index is 1.37. The summed E-state index contributed by atoms with van der Waals surface area (Å²) in [6.45, 7) is 5.20. The first kappa shape index (κ1) is 23.0. The van der Waals surface area contributed by atoms with Crippen molar-refractivity contribution in [3.63, 3.8) is 0 Å². The number of H-pyrrole nitrogens is 1. The monoisotopic (exact) mass is 485 g/mol. The number of hydrogen-bond acceptors (Lipinski definition) is 6. The van der Waals surface area contributed by atoms with E-state index in [9.17, 15) is 18.0 Å². The van der Waals surface area contributed by atoms with Crippen LogP contribution < -0.4 is 15.8 Å². The number of carbonyl (C=O) groups is 1. The Labute approximate surface area is 199 Å². The summed E-state index contributed by atoms with van der Waals surface area (Å²) in [5, 5.41) is 2.87. The molecular weight excluding hydrogens is 454 g/mol. The van der Waals surface area contributed by atoms with Crippen molar-refractivity contribution in [2.45, 2.75) is 45.6 Å². The number of pyridine rings is 2. The van der Waals surface area contributed by atoms with Gasteiger partial charge in [-0.25, -0.2) is 13.4 Å². The second kappa shape index (κ2) is 8.81. The lowest BCUT2D eigenvalue weighted by Crippen LogP contribution is -2.54. The Bertz CT molecular complexity index is 1270. The third-order valence-corrected chi connectivity index (χ3v) is 8.89. The molecule has 2 aliphatic carbocycles. The molecule has 0 bridgehead atoms. The molecule has 0 unspecified atom stereocenters. The molecule has 1 aliphatic heterocycles. The van der Waals surface area contributed by atoms with Crippen LogP contribution in [0.5, 0.6) is 0 Å². The molecule has 10 heteroatoms. The van der Waals surface area contributed by atoms with Crippen molar-refractivity contribution in [2.75, 3.05) is 35.6 Å². The maximum Gasteiger partial charge on any atom is 0.250 e. The molecule has 5 rings (SSSR count). The van der Waals surface area contributed by atoms with Gasteiger partial charge in [-0.05, 0) is 74.3 Å². The lowest BCUT2D eigenvalue weighted by molar-refractivity contribution is -0.117. The van der Waals surface area contributed by atoms with Crippen LogP contribution in [0.4, 0.5) is 11.6 Å². The number of nitrogens with one attached hydrogen (secondary N) is 2. The molecule has 0 radical (unpaired) electrons. The van der Waals surface area contributed by atoms with Crippen LogP contribution in [0, 0.1) is 18.8 Å². The lowest BCUT2D eigenvalue weighted by Gasteiger charge is -2.40. The Morgan fingerprint density at radius 3 is 2.62 bits per heavy atom. The molecule has 1 amide bonds. The molecule has 3 fully saturated rings. The first-order valence-electron chi connectivity index (χ1n) is 12.0. The molecule has 3 heterocycles. The van der Waals surface area contributed by atoms with E-state index in [0.717, 1.165) is 42.4 Å². The minimum atomic E-state index is -3.25. The summed E-state index contributed by atoms with van der Waals surface area (Å²) in [6.07, 6.45) is 5.53. The summed E-state index contributed by atoms with van der Waals surface area (Å²) < 4.78 is 27.0. The van der Waals surface area contributed by atoms with Crippen LogP contribution in [-0.2, 0) is 14.8 Å². The number of aryl methyl sites for hydroxylation is 1. The molecule has 1 atom stereocenters. The van der Waals surface area contributed by atoms with Crippen LogP contribution in [-0.4, -0.2) is 60.0 Å². The summed E-state index contributed by atoms with van der Waals surface area (Å²) >= 11 is 0. The van der Waals surface area contributed by atoms with Gasteiger partial charge in [-0.3, -0.25) is 9.59 Å². The van der Waals surface area contributed by atoms with E-state index in [0.29, 0.717) is 37.2 Å². The van der Waals surface area contributed by atoms with Crippen molar-refractivity contribution >= 4 is 27.6 Å². The molecule has 0 aromatic carbocycles. The number of anilines is 2. The molecule has 2 N–H and O–H groups in total. The molecule has 34 heavy (non-hydrogen) atoms. The number of nitrogens with zero attached hydrogens (tertiary/aromatic N) is 3. The van der Waals surface area contributed by atoms with Gasteiger partial charge in [0.25, 0.3) is 0 Å². The van der Waals surface area contributed by atoms with E-state index in [1.165, 1.54) is 0 Å². The summed E-state index contributed by atoms with van der Waals surface area (Å²) in [7, 11) is -3.25. The molecule has 3 aliphatic rings. The lowest BCUT2D eigenvalue weighted by atomic mass is 10.0. The highest BCUT2D eigenvalue weighted by molar-refractivity contribution is 7.89. The average Bonchev–Trinajstić information content (AvgIpc) is 3.69. The van der Waals surface area contributed by atoms with E-state index < -0.39 is 10.0 Å². The van der Waals surface area contributed by atoms with Crippen molar-refractivity contribution in [1.29, 1.82) is 0 Å². The predicted octanol–water partition coefficient (Wildman–Crippen LogP) is 2.34. The Kier molecular flexibility index (Phi) is 5.97. The zero-order valence-electron chi connectivity index (χ0n) is 19.6. The van der Waals surface area contributed by atoms with Gasteiger partial charge in [0.1, 0.15) is 11.6 Å². The molecule has 2 aromatic rings. The summed E-state index contributed by atoms with van der Waals surface area (Å²) in [5.74, 6) is 1.75. The van der Waals surface area contributed by atoms with Crippen molar-refractivity contribution in [2.24, 2.45) is 11.8 Å². The zero-order valence-corrected chi connectivity index (χ0v) is 20.4. The molecule has 182 valence electrons. The van der Waals surface area contributed by atoms with Gasteiger partial charge in [-0.1, -0.05) is 0 Å². The van der Waals surface area contributed by atoms with Crippen molar-refractivity contribution in [3.05, 3.63) is 40.3 Å². The smallest absolute Gasteiger partial charge is 0.250 e. The van der Waals surface area contributed by atoms with Crippen LogP contribution in [0.3, 0.4) is 0 Å². The first-order chi connectivity index (χ1) is 16.2. The van der Waals surface area contributed by atoms with E-state index in [-0.39, 0.29) is 29.2 Å². The quantitative estimate of drug-likeness (QED) is 0.622. The van der Waals surface area contributed by atoms with Gasteiger partial charge in [0.2, 0.25) is 21.5 Å². The van der Waals surface area contributed by atoms with E-state index in [1.807, 2.05) is 19.9 Å². The highest BCUT2D eigenvalue weighted by atomic mass is 32.2. The highest BCUT2D eigenvalue weighted by Gasteiger charge is 2.36. The maximum atomic E-state index is 12.7. The number of rotatable bonds is 7. The normalized spacial score (nSPS) is 21.5. The van der Waals surface area contributed by atoms with Crippen LogP contribution in [0.25, 0.3) is 11.1 Å². The largest absolute Gasteiger partial charge is 0.353 e. The molecule has 1 saturated heterocycles. The highest BCUT2D eigenvalue weighted by Crippen LogP contribution is 2.33. The summed E-state index contributed by atoms with van der Waals surface area (Å²) in [5.41, 5.74) is 2.22. The topological polar surface area (TPSA) is 115 Å². The van der Waals surface area contributed by atoms with Gasteiger partial charge in [-0.15, -0.1) is 0 Å². The minimum Gasteiger partial charge on any atom is -0.353 e. The van der Waals surface area contributed by atoms with Gasteiger partial charge in [-0.2, -0.15) is 4.31 Å². The zero-order chi connectivity index (χ0) is 24.0. The Morgan fingerprint density at radius 1 is 1.18 bits per heavy atom. The second-order valence-corrected chi connectivity index (χ2v) is 11.9. The third kappa shape index (κ3) is 5.02. The number of sulfonamides is 1. The standard InChI is InChI=1S/C24H31N5O4S/c1-15-12-25-21(26-24(31)18-5-6-18)11-20(15)19-9-22(27-23(30)10-19)29-8-7-28(13-16(29)2)34(32,33)14-17-3-4-17/h9-12,16-18H,3-8,13-14H2,1-2H3,(H,27,30)(H,25,26,31)/t16-/m0/s1. The molecule has 0 spiro atoms. The van der Waals surface area contributed by atoms with Crippen molar-refractivity contribution in [1.82, 2.24) is 14.3 Å².